The molecule has 0 spiro atoms. The first kappa shape index (κ1) is 21.9. The van der Waals surface area contributed by atoms with Crippen LogP contribution in [-0.2, 0) is 28.4 Å². The van der Waals surface area contributed by atoms with Crippen LogP contribution in [0.25, 0.3) is 0 Å². The van der Waals surface area contributed by atoms with Crippen molar-refractivity contribution in [2.24, 2.45) is 9.50 Å². The predicted molar refractivity (Wildman–Crippen MR) is 117 cm³/mol. The van der Waals surface area contributed by atoms with Gasteiger partial charge in [-0.2, -0.15) is 0 Å². The van der Waals surface area contributed by atoms with Gasteiger partial charge >= 0.3 is 6.03 Å². The summed E-state index contributed by atoms with van der Waals surface area (Å²) in [6, 6.07) is 0.796. The van der Waals surface area contributed by atoms with Gasteiger partial charge in [-0.1, -0.05) is 13.8 Å². The third-order valence-corrected chi connectivity index (χ3v) is 7.93. The minimum absolute atomic E-state index is 0.221. The van der Waals surface area contributed by atoms with Crippen LogP contribution in [0.2, 0.25) is 0 Å². The van der Waals surface area contributed by atoms with Crippen molar-refractivity contribution in [2.45, 2.75) is 69.6 Å². The number of fused-ring (bicyclic) bond motifs is 1. The maximum absolute atomic E-state index is 12.9. The summed E-state index contributed by atoms with van der Waals surface area (Å²) in [5, 5.41) is 20.5. The van der Waals surface area contributed by atoms with Gasteiger partial charge in [-0.3, -0.25) is 4.98 Å². The number of nitrogens with one attached hydrogen (secondary N) is 1. The van der Waals surface area contributed by atoms with Crippen LogP contribution >= 0.6 is 11.3 Å². The Bertz CT molecular complexity index is 1070. The largest absolute Gasteiger partial charge is 0.386 e. The second-order valence-electron chi connectivity index (χ2n) is 8.23. The monoisotopic (exact) mass is 436 g/mol. The molecule has 2 aromatic heterocycles. The van der Waals surface area contributed by atoms with E-state index in [1.807, 2.05) is 6.92 Å². The molecular weight excluding hydrogens is 408 g/mol. The van der Waals surface area contributed by atoms with Gasteiger partial charge in [0, 0.05) is 11.4 Å². The van der Waals surface area contributed by atoms with Crippen molar-refractivity contribution in [3.8, 4) is 0 Å². The highest BCUT2D eigenvalue weighted by Crippen LogP contribution is 2.35. The second-order valence-corrected chi connectivity index (χ2v) is 11.2. The summed E-state index contributed by atoms with van der Waals surface area (Å²) < 4.78 is 16.9. The molecule has 0 saturated heterocycles. The highest BCUT2D eigenvalue weighted by molar-refractivity contribution is 7.93. The molecule has 0 saturated carbocycles. The summed E-state index contributed by atoms with van der Waals surface area (Å²) in [4.78, 5) is 17.4. The number of amides is 2. The SMILES string of the molecule is Cc1c(C(C)C)nc2c(c1NC(=O)N=[S@@](N)(=O)c1cc(C(C)(C)O)cs1)CCC2. The van der Waals surface area contributed by atoms with E-state index in [1.165, 1.54) is 6.07 Å². The molecule has 0 fully saturated rings. The molecule has 0 aromatic carbocycles. The fourth-order valence-electron chi connectivity index (χ4n) is 3.52. The van der Waals surface area contributed by atoms with Crippen LogP contribution in [0.5, 0.6) is 0 Å². The Balaban J connectivity index is 1.95. The lowest BCUT2D eigenvalue weighted by molar-refractivity contribution is 0.0789. The van der Waals surface area contributed by atoms with Crippen LogP contribution in [0.1, 0.15) is 68.1 Å². The summed E-state index contributed by atoms with van der Waals surface area (Å²) in [5.74, 6) is 0.221. The summed E-state index contributed by atoms with van der Waals surface area (Å²) in [6.45, 7) is 9.32. The topological polar surface area (TPSA) is 118 Å². The summed E-state index contributed by atoms with van der Waals surface area (Å²) in [6.07, 6.45) is 2.72. The van der Waals surface area contributed by atoms with Crippen molar-refractivity contribution in [1.29, 1.82) is 0 Å². The van der Waals surface area contributed by atoms with E-state index in [2.05, 4.69) is 23.5 Å². The molecule has 4 N–H and O–H groups in total. The Kier molecular flexibility index (Phi) is 5.88. The van der Waals surface area contributed by atoms with Gasteiger partial charge in [0.15, 0.2) is 9.92 Å². The molecule has 2 aromatic rings. The first-order valence-corrected chi connectivity index (χ1v) is 12.1. The molecule has 0 radical (unpaired) electrons. The van der Waals surface area contributed by atoms with Crippen LogP contribution < -0.4 is 10.5 Å². The molecule has 1 aliphatic rings. The van der Waals surface area contributed by atoms with Crippen LogP contribution in [0.3, 0.4) is 0 Å². The average molecular weight is 437 g/mol. The van der Waals surface area contributed by atoms with Gasteiger partial charge in [-0.25, -0.2) is 14.1 Å². The smallest absolute Gasteiger partial charge is 0.354 e. The first-order valence-electron chi connectivity index (χ1n) is 9.59. The van der Waals surface area contributed by atoms with Crippen molar-refractivity contribution in [3.63, 3.8) is 0 Å². The lowest BCUT2D eigenvalue weighted by Crippen LogP contribution is -2.19. The van der Waals surface area contributed by atoms with Crippen molar-refractivity contribution < 1.29 is 14.1 Å². The Morgan fingerprint density at radius 3 is 2.69 bits per heavy atom. The van der Waals surface area contributed by atoms with Gasteiger partial charge in [0.05, 0.1) is 11.3 Å². The number of aryl methyl sites for hydroxylation is 1. The van der Waals surface area contributed by atoms with Gasteiger partial charge in [0.1, 0.15) is 4.21 Å². The van der Waals surface area contributed by atoms with E-state index < -0.39 is 21.5 Å². The van der Waals surface area contributed by atoms with Crippen molar-refractivity contribution in [1.82, 2.24) is 4.98 Å². The third kappa shape index (κ3) is 4.53. The molecule has 0 aliphatic heterocycles. The lowest BCUT2D eigenvalue weighted by atomic mass is 9.99. The maximum atomic E-state index is 12.9. The summed E-state index contributed by atoms with van der Waals surface area (Å²) in [7, 11) is -3.42. The number of hydrogen-bond donors (Lipinski definition) is 3. The predicted octanol–water partition coefficient (Wildman–Crippen LogP) is 4.22. The number of aliphatic hydroxyl groups is 1. The molecule has 2 amide bonds. The highest BCUT2D eigenvalue weighted by Gasteiger charge is 2.25. The van der Waals surface area contributed by atoms with Crippen molar-refractivity contribution in [3.05, 3.63) is 39.5 Å². The van der Waals surface area contributed by atoms with Gasteiger partial charge in [0.25, 0.3) is 0 Å². The average Bonchev–Trinajstić information content (AvgIpc) is 3.25. The molecule has 29 heavy (non-hydrogen) atoms. The van der Waals surface area contributed by atoms with Gasteiger partial charge < -0.3 is 10.4 Å². The zero-order chi connectivity index (χ0) is 21.6. The maximum Gasteiger partial charge on any atom is 0.354 e. The number of urea groups is 1. The summed E-state index contributed by atoms with van der Waals surface area (Å²) >= 11 is 1.12. The molecule has 158 valence electrons. The highest BCUT2D eigenvalue weighted by atomic mass is 32.2. The molecule has 0 bridgehead atoms. The number of carbonyl (C=O) groups excluding carboxylic acids is 1. The van der Waals surface area contributed by atoms with Crippen LogP contribution in [-0.4, -0.2) is 20.3 Å². The Morgan fingerprint density at radius 2 is 2.10 bits per heavy atom. The van der Waals surface area contributed by atoms with E-state index in [9.17, 15) is 14.1 Å². The molecule has 7 nitrogen and oxygen atoms in total. The van der Waals surface area contributed by atoms with Crippen molar-refractivity contribution >= 4 is 33.0 Å². The standard InChI is InChI=1S/C20H28N4O3S2/c1-11(2)17-12(3)18(14-7-6-8-15(14)22-17)23-19(25)24-29(21,27)16-9-13(10-28-16)20(4,5)26/h9-11,26H,6-8H2,1-5H3,(H3,21,22,23,24,25,27)/t29-/m1/s1. The van der Waals surface area contributed by atoms with Gasteiger partial charge in [-0.15, -0.1) is 15.7 Å². The quantitative estimate of drug-likeness (QED) is 0.665. The first-order chi connectivity index (χ1) is 13.4. The van der Waals surface area contributed by atoms with E-state index in [0.717, 1.165) is 53.1 Å². The fourth-order valence-corrected chi connectivity index (χ4v) is 5.80. The molecule has 3 rings (SSSR count). The molecule has 2 heterocycles. The van der Waals surface area contributed by atoms with Crippen LogP contribution in [0.15, 0.2) is 20.0 Å². The summed E-state index contributed by atoms with van der Waals surface area (Å²) in [5.41, 5.74) is 4.10. The third-order valence-electron chi connectivity index (χ3n) is 5.07. The van der Waals surface area contributed by atoms with Crippen LogP contribution in [0.4, 0.5) is 10.5 Å². The Hall–Kier alpha value is -1.81. The number of nitrogens with two attached hydrogens (primary N) is 1. The van der Waals surface area contributed by atoms with Crippen LogP contribution in [0, 0.1) is 6.92 Å². The number of hydrogen-bond acceptors (Lipinski definition) is 5. The molecule has 1 atom stereocenters. The number of aromatic nitrogens is 1. The number of thiophene rings is 1. The Morgan fingerprint density at radius 1 is 1.41 bits per heavy atom. The fraction of sp³-hybridized carbons (Fsp3) is 0.500. The van der Waals surface area contributed by atoms with E-state index in [-0.39, 0.29) is 10.1 Å². The van der Waals surface area contributed by atoms with E-state index in [4.69, 9.17) is 10.1 Å². The number of rotatable bonds is 4. The van der Waals surface area contributed by atoms with Crippen molar-refractivity contribution in [2.75, 3.05) is 5.32 Å². The molecule has 1 aliphatic carbocycles. The van der Waals surface area contributed by atoms with E-state index >= 15 is 0 Å². The number of anilines is 1. The Labute approximate surface area is 176 Å². The van der Waals surface area contributed by atoms with E-state index in [1.54, 1.807) is 19.2 Å². The van der Waals surface area contributed by atoms with Gasteiger partial charge in [0.2, 0.25) is 0 Å². The normalized spacial score (nSPS) is 15.9. The second kappa shape index (κ2) is 7.79. The molecule has 9 heteroatoms. The zero-order valence-electron chi connectivity index (χ0n) is 17.4. The lowest BCUT2D eigenvalue weighted by Gasteiger charge is -2.18. The zero-order valence-corrected chi connectivity index (χ0v) is 19.0. The minimum Gasteiger partial charge on any atom is -0.386 e. The van der Waals surface area contributed by atoms with Gasteiger partial charge in [-0.05, 0) is 74.1 Å². The number of nitrogens with zero attached hydrogens (tertiary/aromatic N) is 2. The molecular formula is C20H28N4O3S2. The minimum atomic E-state index is -3.42. The van der Waals surface area contributed by atoms with E-state index in [0.29, 0.717) is 11.3 Å². The number of pyridine rings is 1. The molecule has 0 unspecified atom stereocenters. The number of carbonyl (C=O) groups is 1.